The summed E-state index contributed by atoms with van der Waals surface area (Å²) in [6, 6.07) is 3.75. The molecule has 1 aliphatic heterocycles. The van der Waals surface area contributed by atoms with E-state index in [9.17, 15) is 18.0 Å². The van der Waals surface area contributed by atoms with Gasteiger partial charge in [0.1, 0.15) is 5.82 Å². The molecule has 1 N–H and O–H groups in total. The second-order valence-electron chi connectivity index (χ2n) is 7.25. The standard InChI is InChI=1S/C19H21F3N4O2/c20-19(21,22)15-2-1-8-23-18(15)24-13-3-5-14(6-4-13)26-17(27)10-12-11-28-9-7-16(12)25-26/h1-2,8,10,13-14H,3-7,9,11H2,(H,23,24). The Morgan fingerprint density at radius 3 is 2.75 bits per heavy atom. The average molecular weight is 394 g/mol. The molecular formula is C19H21F3N4O2. The van der Waals surface area contributed by atoms with Gasteiger partial charge in [-0.15, -0.1) is 0 Å². The molecule has 28 heavy (non-hydrogen) atoms. The van der Waals surface area contributed by atoms with Crippen LogP contribution in [0.2, 0.25) is 0 Å². The minimum atomic E-state index is -4.45. The van der Waals surface area contributed by atoms with Crippen molar-refractivity contribution in [3.05, 3.63) is 51.6 Å². The number of hydrogen-bond donors (Lipinski definition) is 1. The second kappa shape index (κ2) is 7.54. The fourth-order valence-electron chi connectivity index (χ4n) is 3.90. The maximum absolute atomic E-state index is 13.1. The molecule has 2 aromatic heterocycles. The van der Waals surface area contributed by atoms with Gasteiger partial charge in [-0.1, -0.05) is 0 Å². The molecule has 0 aromatic carbocycles. The minimum absolute atomic E-state index is 0.0375. The highest BCUT2D eigenvalue weighted by Crippen LogP contribution is 2.35. The second-order valence-corrected chi connectivity index (χ2v) is 7.25. The van der Waals surface area contributed by atoms with Crippen molar-refractivity contribution in [1.29, 1.82) is 0 Å². The Morgan fingerprint density at radius 2 is 2.00 bits per heavy atom. The number of rotatable bonds is 3. The number of nitrogens with one attached hydrogen (secondary N) is 1. The van der Waals surface area contributed by atoms with E-state index in [2.05, 4.69) is 15.4 Å². The molecule has 2 aromatic rings. The Morgan fingerprint density at radius 1 is 1.21 bits per heavy atom. The highest BCUT2D eigenvalue weighted by atomic mass is 19.4. The highest BCUT2D eigenvalue weighted by Gasteiger charge is 2.35. The Hall–Kier alpha value is -2.42. The molecular weight excluding hydrogens is 373 g/mol. The van der Waals surface area contributed by atoms with Crippen LogP contribution in [-0.2, 0) is 23.9 Å². The Labute approximate surface area is 159 Å². The van der Waals surface area contributed by atoms with Gasteiger partial charge in [0.05, 0.1) is 30.5 Å². The zero-order valence-corrected chi connectivity index (χ0v) is 15.2. The number of fused-ring (bicyclic) bond motifs is 1. The molecule has 0 atom stereocenters. The predicted octanol–water partition coefficient (Wildman–Crippen LogP) is 3.33. The first-order valence-electron chi connectivity index (χ1n) is 9.40. The van der Waals surface area contributed by atoms with Crippen molar-refractivity contribution in [2.75, 3.05) is 11.9 Å². The van der Waals surface area contributed by atoms with Crippen LogP contribution >= 0.6 is 0 Å². The van der Waals surface area contributed by atoms with Gasteiger partial charge in [0.2, 0.25) is 0 Å². The summed E-state index contributed by atoms with van der Waals surface area (Å²) in [5.74, 6) is -0.137. The molecule has 150 valence electrons. The number of pyridine rings is 1. The van der Waals surface area contributed by atoms with Crippen LogP contribution in [0.25, 0.3) is 0 Å². The quantitative estimate of drug-likeness (QED) is 0.865. The van der Waals surface area contributed by atoms with E-state index in [0.717, 1.165) is 17.3 Å². The summed E-state index contributed by atoms with van der Waals surface area (Å²) in [5, 5.41) is 7.47. The summed E-state index contributed by atoms with van der Waals surface area (Å²) in [6.45, 7) is 1.02. The molecule has 4 rings (SSSR count). The van der Waals surface area contributed by atoms with Gasteiger partial charge >= 0.3 is 6.18 Å². The summed E-state index contributed by atoms with van der Waals surface area (Å²) >= 11 is 0. The summed E-state index contributed by atoms with van der Waals surface area (Å²) in [4.78, 5) is 16.3. The van der Waals surface area contributed by atoms with Gasteiger partial charge in [-0.3, -0.25) is 4.79 Å². The number of anilines is 1. The lowest BCUT2D eigenvalue weighted by Gasteiger charge is -2.31. The van der Waals surface area contributed by atoms with Crippen LogP contribution in [0.4, 0.5) is 19.0 Å². The van der Waals surface area contributed by atoms with Crippen molar-refractivity contribution in [2.24, 2.45) is 0 Å². The third kappa shape index (κ3) is 3.89. The molecule has 0 spiro atoms. The highest BCUT2D eigenvalue weighted by molar-refractivity contribution is 5.46. The maximum Gasteiger partial charge on any atom is 0.419 e. The van der Waals surface area contributed by atoms with E-state index in [1.807, 2.05) is 0 Å². The molecule has 1 fully saturated rings. The molecule has 0 saturated heterocycles. The summed E-state index contributed by atoms with van der Waals surface area (Å²) in [7, 11) is 0. The number of alkyl halides is 3. The van der Waals surface area contributed by atoms with Crippen LogP contribution in [0, 0.1) is 0 Å². The summed E-state index contributed by atoms with van der Waals surface area (Å²) < 4.78 is 46.3. The SMILES string of the molecule is O=c1cc2c(nn1C1CCC(Nc3ncccc3C(F)(F)F)CC1)CCOC2. The fraction of sp³-hybridized carbons (Fsp3) is 0.526. The van der Waals surface area contributed by atoms with Crippen LogP contribution in [0.3, 0.4) is 0 Å². The Bertz CT molecular complexity index is 905. The molecule has 6 nitrogen and oxygen atoms in total. The first-order valence-corrected chi connectivity index (χ1v) is 9.40. The molecule has 0 amide bonds. The van der Waals surface area contributed by atoms with Gasteiger partial charge in [0.15, 0.2) is 0 Å². The monoisotopic (exact) mass is 394 g/mol. The smallest absolute Gasteiger partial charge is 0.376 e. The number of aromatic nitrogens is 3. The summed E-state index contributed by atoms with van der Waals surface area (Å²) in [6.07, 6.45) is 0.232. The molecule has 9 heteroatoms. The number of halogens is 3. The van der Waals surface area contributed by atoms with Crippen molar-refractivity contribution in [2.45, 2.75) is 57.0 Å². The van der Waals surface area contributed by atoms with Crippen molar-refractivity contribution >= 4 is 5.82 Å². The third-order valence-electron chi connectivity index (χ3n) is 5.36. The largest absolute Gasteiger partial charge is 0.419 e. The van der Waals surface area contributed by atoms with Gasteiger partial charge in [-0.25, -0.2) is 9.67 Å². The van der Waals surface area contributed by atoms with E-state index in [0.29, 0.717) is 45.3 Å². The van der Waals surface area contributed by atoms with E-state index >= 15 is 0 Å². The van der Waals surface area contributed by atoms with E-state index in [1.165, 1.54) is 12.3 Å². The molecule has 3 heterocycles. The Balaban J connectivity index is 1.44. The van der Waals surface area contributed by atoms with E-state index in [4.69, 9.17) is 4.74 Å². The molecule has 1 saturated carbocycles. The van der Waals surface area contributed by atoms with Gasteiger partial charge < -0.3 is 10.1 Å². The maximum atomic E-state index is 13.1. The molecule has 2 aliphatic rings. The summed E-state index contributed by atoms with van der Waals surface area (Å²) in [5.41, 5.74) is 0.837. The van der Waals surface area contributed by atoms with Crippen molar-refractivity contribution in [3.63, 3.8) is 0 Å². The lowest BCUT2D eigenvalue weighted by molar-refractivity contribution is -0.137. The number of ether oxygens (including phenoxy) is 1. The van der Waals surface area contributed by atoms with Crippen molar-refractivity contribution < 1.29 is 17.9 Å². The van der Waals surface area contributed by atoms with Crippen LogP contribution in [-0.4, -0.2) is 27.4 Å². The van der Waals surface area contributed by atoms with E-state index in [-0.39, 0.29) is 23.5 Å². The third-order valence-corrected chi connectivity index (χ3v) is 5.36. The van der Waals surface area contributed by atoms with Crippen molar-refractivity contribution in [1.82, 2.24) is 14.8 Å². The predicted molar refractivity (Wildman–Crippen MR) is 96.0 cm³/mol. The van der Waals surface area contributed by atoms with Gasteiger partial charge in [-0.05, 0) is 37.8 Å². The van der Waals surface area contributed by atoms with Gasteiger partial charge in [0.25, 0.3) is 5.56 Å². The number of nitrogens with zero attached hydrogens (tertiary/aromatic N) is 3. The normalized spacial score (nSPS) is 22.5. The first kappa shape index (κ1) is 18.9. The molecule has 0 unspecified atom stereocenters. The zero-order valence-electron chi connectivity index (χ0n) is 15.2. The zero-order chi connectivity index (χ0) is 19.7. The van der Waals surface area contributed by atoms with Crippen LogP contribution in [0.5, 0.6) is 0 Å². The average Bonchev–Trinajstić information content (AvgIpc) is 2.68. The Kier molecular flexibility index (Phi) is 5.09. The van der Waals surface area contributed by atoms with Crippen LogP contribution < -0.4 is 10.9 Å². The minimum Gasteiger partial charge on any atom is -0.376 e. The lowest BCUT2D eigenvalue weighted by Crippen LogP contribution is -2.35. The fourth-order valence-corrected chi connectivity index (χ4v) is 3.90. The molecule has 1 aliphatic carbocycles. The van der Waals surface area contributed by atoms with Crippen molar-refractivity contribution in [3.8, 4) is 0 Å². The van der Waals surface area contributed by atoms with E-state index in [1.54, 1.807) is 10.7 Å². The van der Waals surface area contributed by atoms with E-state index < -0.39 is 11.7 Å². The topological polar surface area (TPSA) is 69.0 Å². The van der Waals surface area contributed by atoms with Crippen LogP contribution in [0.15, 0.2) is 29.2 Å². The number of hydrogen-bond acceptors (Lipinski definition) is 5. The van der Waals surface area contributed by atoms with Gasteiger partial charge in [-0.2, -0.15) is 18.3 Å². The lowest BCUT2D eigenvalue weighted by atomic mass is 9.91. The van der Waals surface area contributed by atoms with Crippen LogP contribution in [0.1, 0.15) is 48.5 Å². The molecule has 0 radical (unpaired) electrons. The van der Waals surface area contributed by atoms with Gasteiger partial charge in [0, 0.05) is 30.3 Å². The first-order chi connectivity index (χ1) is 13.4. The molecule has 0 bridgehead atoms.